The van der Waals surface area contributed by atoms with Crippen molar-refractivity contribution in [1.29, 1.82) is 0 Å². The zero-order chi connectivity index (χ0) is 20.7. The molecule has 0 radical (unpaired) electrons. The molecule has 2 aromatic rings. The molecule has 0 N–H and O–H groups in total. The summed E-state index contributed by atoms with van der Waals surface area (Å²) in [5.41, 5.74) is 0.976. The Balaban J connectivity index is 1.41. The second kappa shape index (κ2) is 7.88. The van der Waals surface area contributed by atoms with Crippen LogP contribution in [-0.4, -0.2) is 36.4 Å². The van der Waals surface area contributed by atoms with Crippen molar-refractivity contribution in [3.8, 4) is 0 Å². The molecular weight excluding hydrogens is 380 g/mol. The Morgan fingerprint density at radius 2 is 1.33 bits per heavy atom. The molecule has 156 valence electrons. The molecule has 7 unspecified atom stereocenters. The van der Waals surface area contributed by atoms with Crippen LogP contribution in [0, 0.1) is 17.8 Å². The molecule has 2 saturated heterocycles. The third kappa shape index (κ3) is 3.31. The van der Waals surface area contributed by atoms with Gasteiger partial charge in [0.2, 0.25) is 0 Å². The fraction of sp³-hybridized carbons (Fsp3) is 0.440. The Morgan fingerprint density at radius 1 is 0.800 bits per heavy atom. The van der Waals surface area contributed by atoms with Crippen LogP contribution < -0.4 is 0 Å². The molecule has 3 fully saturated rings. The van der Waals surface area contributed by atoms with E-state index in [1.165, 1.54) is 0 Å². The lowest BCUT2D eigenvalue weighted by molar-refractivity contribution is -0.0687. The molecule has 0 aromatic heterocycles. The van der Waals surface area contributed by atoms with Crippen molar-refractivity contribution in [2.75, 3.05) is 0 Å². The zero-order valence-electron chi connectivity index (χ0n) is 17.0. The van der Waals surface area contributed by atoms with Crippen LogP contribution >= 0.6 is 0 Å². The topological polar surface area (TPSA) is 61.8 Å². The molecular formula is C25H26O5. The summed E-state index contributed by atoms with van der Waals surface area (Å²) < 4.78 is 18.2. The Bertz CT molecular complexity index is 912. The van der Waals surface area contributed by atoms with E-state index < -0.39 is 24.1 Å². The summed E-state index contributed by atoms with van der Waals surface area (Å²) in [7, 11) is 0. The van der Waals surface area contributed by atoms with Crippen LogP contribution in [0.3, 0.4) is 0 Å². The maximum absolute atomic E-state index is 12.8. The van der Waals surface area contributed by atoms with Gasteiger partial charge in [-0.3, -0.25) is 0 Å². The van der Waals surface area contributed by atoms with E-state index in [0.717, 1.165) is 19.3 Å². The number of hydrogen-bond acceptors (Lipinski definition) is 5. The number of ether oxygens (including phenoxy) is 3. The molecule has 1 saturated carbocycles. The second-order valence-corrected chi connectivity index (χ2v) is 8.69. The first-order valence-electron chi connectivity index (χ1n) is 10.8. The molecule has 5 rings (SSSR count). The maximum atomic E-state index is 12.8. The predicted octanol–water partition coefficient (Wildman–Crippen LogP) is 4.27. The Labute approximate surface area is 176 Å². The van der Waals surface area contributed by atoms with Crippen molar-refractivity contribution in [2.24, 2.45) is 17.8 Å². The number of esters is 2. The van der Waals surface area contributed by atoms with Crippen molar-refractivity contribution >= 4 is 11.9 Å². The fourth-order valence-corrected chi connectivity index (χ4v) is 5.60. The number of benzene rings is 2. The van der Waals surface area contributed by atoms with Crippen molar-refractivity contribution in [3.05, 3.63) is 71.8 Å². The highest BCUT2D eigenvalue weighted by molar-refractivity contribution is 5.90. The van der Waals surface area contributed by atoms with Gasteiger partial charge in [0.05, 0.1) is 11.1 Å². The minimum absolute atomic E-state index is 0.219. The predicted molar refractivity (Wildman–Crippen MR) is 110 cm³/mol. The highest BCUT2D eigenvalue weighted by Gasteiger charge is 2.64. The molecule has 5 heteroatoms. The van der Waals surface area contributed by atoms with Crippen LogP contribution in [0.4, 0.5) is 0 Å². The molecule has 0 spiro atoms. The molecule has 2 aromatic carbocycles. The van der Waals surface area contributed by atoms with Gasteiger partial charge in [0.25, 0.3) is 0 Å². The molecule has 2 heterocycles. The molecule has 0 amide bonds. The van der Waals surface area contributed by atoms with Crippen LogP contribution in [-0.2, 0) is 14.2 Å². The number of fused-ring (bicyclic) bond motifs is 5. The summed E-state index contributed by atoms with van der Waals surface area (Å²) in [5, 5.41) is 0. The summed E-state index contributed by atoms with van der Waals surface area (Å²) in [4.78, 5) is 25.6. The zero-order valence-corrected chi connectivity index (χ0v) is 17.0. The van der Waals surface area contributed by atoms with Crippen LogP contribution in [0.2, 0.25) is 0 Å². The summed E-state index contributed by atoms with van der Waals surface area (Å²) >= 11 is 0. The highest BCUT2D eigenvalue weighted by Crippen LogP contribution is 2.54. The third-order valence-corrected chi connectivity index (χ3v) is 6.94. The van der Waals surface area contributed by atoms with Crippen molar-refractivity contribution < 1.29 is 23.8 Å². The van der Waals surface area contributed by atoms with E-state index in [1.54, 1.807) is 48.5 Å². The standard InChI is InChI=1S/C25H26O5/c1-15-9-8-14-18-19(15)21-23(30-25(27)17-12-6-3-7-13-17)22(20(18)28-21)29-24(26)16-10-4-2-5-11-16/h2-7,10-13,15,18-23H,8-9,14H2,1H3. The first kappa shape index (κ1) is 19.3. The largest absolute Gasteiger partial charge is 0.452 e. The molecule has 2 aliphatic heterocycles. The summed E-state index contributed by atoms with van der Waals surface area (Å²) in [6, 6.07) is 17.9. The van der Waals surface area contributed by atoms with Crippen molar-refractivity contribution in [1.82, 2.24) is 0 Å². The average molecular weight is 406 g/mol. The van der Waals surface area contributed by atoms with Gasteiger partial charge in [0.15, 0.2) is 12.2 Å². The smallest absolute Gasteiger partial charge is 0.338 e. The SMILES string of the molecule is CC1CCCC2C3OC(C(OC(=O)c4ccccc4)C3OC(=O)c3ccccc3)C12. The minimum atomic E-state index is -0.586. The molecule has 2 bridgehead atoms. The number of hydrogen-bond donors (Lipinski definition) is 0. The van der Waals surface area contributed by atoms with Crippen LogP contribution in [0.25, 0.3) is 0 Å². The molecule has 3 aliphatic rings. The van der Waals surface area contributed by atoms with Crippen LogP contribution in [0.5, 0.6) is 0 Å². The highest BCUT2D eigenvalue weighted by atomic mass is 16.6. The van der Waals surface area contributed by atoms with Crippen molar-refractivity contribution in [3.63, 3.8) is 0 Å². The van der Waals surface area contributed by atoms with E-state index in [9.17, 15) is 9.59 Å². The summed E-state index contributed by atoms with van der Waals surface area (Å²) in [6.45, 7) is 2.25. The van der Waals surface area contributed by atoms with Gasteiger partial charge < -0.3 is 14.2 Å². The van der Waals surface area contributed by atoms with Crippen LogP contribution in [0.15, 0.2) is 60.7 Å². The lowest BCUT2D eigenvalue weighted by Crippen LogP contribution is -2.53. The second-order valence-electron chi connectivity index (χ2n) is 8.69. The summed E-state index contributed by atoms with van der Waals surface area (Å²) in [6.07, 6.45) is 1.76. The molecule has 7 atom stereocenters. The number of carbonyl (C=O) groups is 2. The molecule has 5 nitrogen and oxygen atoms in total. The lowest BCUT2D eigenvalue weighted by atomic mass is 9.64. The first-order valence-corrected chi connectivity index (χ1v) is 10.8. The van der Waals surface area contributed by atoms with Gasteiger partial charge in [-0.25, -0.2) is 9.59 Å². The van der Waals surface area contributed by atoms with Gasteiger partial charge in [-0.2, -0.15) is 0 Å². The van der Waals surface area contributed by atoms with E-state index in [4.69, 9.17) is 14.2 Å². The molecule has 1 aliphatic carbocycles. The van der Waals surface area contributed by atoms with E-state index in [-0.39, 0.29) is 12.2 Å². The maximum Gasteiger partial charge on any atom is 0.338 e. The number of carbonyl (C=O) groups excluding carboxylic acids is 2. The summed E-state index contributed by atoms with van der Waals surface area (Å²) in [5.74, 6) is 0.376. The average Bonchev–Trinajstić information content (AvgIpc) is 3.32. The van der Waals surface area contributed by atoms with Gasteiger partial charge >= 0.3 is 11.9 Å². The van der Waals surface area contributed by atoms with Gasteiger partial charge in [-0.15, -0.1) is 0 Å². The van der Waals surface area contributed by atoms with Crippen molar-refractivity contribution in [2.45, 2.75) is 50.6 Å². The molecule has 30 heavy (non-hydrogen) atoms. The lowest BCUT2D eigenvalue weighted by Gasteiger charge is -2.42. The van der Waals surface area contributed by atoms with E-state index >= 15 is 0 Å². The Morgan fingerprint density at radius 3 is 1.90 bits per heavy atom. The normalized spacial score (nSPS) is 34.2. The minimum Gasteiger partial charge on any atom is -0.452 e. The Hall–Kier alpha value is -2.66. The van der Waals surface area contributed by atoms with Gasteiger partial charge in [0.1, 0.15) is 12.2 Å². The van der Waals surface area contributed by atoms with E-state index in [0.29, 0.717) is 28.9 Å². The van der Waals surface area contributed by atoms with E-state index in [1.807, 2.05) is 12.1 Å². The van der Waals surface area contributed by atoms with Gasteiger partial charge in [0, 0.05) is 0 Å². The van der Waals surface area contributed by atoms with Gasteiger partial charge in [-0.05, 0) is 48.4 Å². The van der Waals surface area contributed by atoms with Gasteiger partial charge in [-0.1, -0.05) is 56.2 Å². The van der Waals surface area contributed by atoms with Crippen LogP contribution in [0.1, 0.15) is 46.9 Å². The first-order chi connectivity index (χ1) is 14.6. The Kier molecular flexibility index (Phi) is 5.07. The van der Waals surface area contributed by atoms with E-state index in [2.05, 4.69) is 6.92 Å². The third-order valence-electron chi connectivity index (χ3n) is 6.94. The quantitative estimate of drug-likeness (QED) is 0.710. The fourth-order valence-electron chi connectivity index (χ4n) is 5.60. The monoisotopic (exact) mass is 406 g/mol. The number of rotatable bonds is 4.